The number of carbonyl (C=O) groups is 2. The van der Waals surface area contributed by atoms with E-state index in [2.05, 4.69) is 32.9 Å². The molecular formula is C26H19Cl2IN2O4S. The van der Waals surface area contributed by atoms with Crippen molar-refractivity contribution in [2.24, 2.45) is 4.99 Å². The minimum Gasteiger partial charge on any atom is -0.490 e. The van der Waals surface area contributed by atoms with Gasteiger partial charge in [-0.05, 0) is 94.9 Å². The molecule has 1 heterocycles. The molecule has 36 heavy (non-hydrogen) atoms. The third kappa shape index (κ3) is 6.61. The Morgan fingerprint density at radius 2 is 1.86 bits per heavy atom. The van der Waals surface area contributed by atoms with Crippen molar-refractivity contribution in [2.45, 2.75) is 13.5 Å². The topological polar surface area (TPSA) is 77.0 Å². The molecule has 0 atom stereocenters. The van der Waals surface area contributed by atoms with E-state index in [1.807, 2.05) is 25.1 Å². The van der Waals surface area contributed by atoms with Crippen molar-refractivity contribution in [3.8, 4) is 11.5 Å². The van der Waals surface area contributed by atoms with Crippen LogP contribution in [-0.4, -0.2) is 23.6 Å². The van der Waals surface area contributed by atoms with Gasteiger partial charge in [0.2, 0.25) is 0 Å². The second kappa shape index (κ2) is 12.1. The number of hydrogen-bond donors (Lipinski definition) is 1. The summed E-state index contributed by atoms with van der Waals surface area (Å²) in [6.07, 6.45) is 1.73. The fourth-order valence-corrected chi connectivity index (χ4v) is 5.15. The van der Waals surface area contributed by atoms with E-state index in [-0.39, 0.29) is 17.7 Å². The smallest absolute Gasteiger partial charge is 0.279 e. The zero-order chi connectivity index (χ0) is 25.7. The average molecular weight is 653 g/mol. The first-order valence-electron chi connectivity index (χ1n) is 10.8. The minimum atomic E-state index is -0.420. The predicted molar refractivity (Wildman–Crippen MR) is 153 cm³/mol. The summed E-state index contributed by atoms with van der Waals surface area (Å²) in [6.45, 7) is 2.60. The second-order valence-corrected chi connectivity index (χ2v) is 10.5. The quantitative estimate of drug-likeness (QED) is 0.220. The SMILES string of the molecule is CCOc1cc(/C=C2\SC(=NC(=O)c3ccccc3)NC2=O)cc(I)c1OCc1ccc(Cl)c(Cl)c1. The van der Waals surface area contributed by atoms with Gasteiger partial charge < -0.3 is 14.8 Å². The molecule has 3 aromatic rings. The lowest BCUT2D eigenvalue weighted by Gasteiger charge is -2.15. The number of nitrogens with one attached hydrogen (secondary N) is 1. The summed E-state index contributed by atoms with van der Waals surface area (Å²) in [5.74, 6) is 0.390. The Labute approximate surface area is 236 Å². The Morgan fingerprint density at radius 3 is 2.58 bits per heavy atom. The van der Waals surface area contributed by atoms with Gasteiger partial charge in [0.05, 0.1) is 25.1 Å². The molecule has 0 aliphatic carbocycles. The van der Waals surface area contributed by atoms with Crippen LogP contribution in [0.15, 0.2) is 70.6 Å². The highest BCUT2D eigenvalue weighted by atomic mass is 127. The summed E-state index contributed by atoms with van der Waals surface area (Å²) in [5, 5.41) is 3.82. The van der Waals surface area contributed by atoms with Crippen molar-refractivity contribution in [3.05, 3.63) is 95.9 Å². The van der Waals surface area contributed by atoms with Crippen LogP contribution in [0.3, 0.4) is 0 Å². The molecule has 2 amide bonds. The van der Waals surface area contributed by atoms with Gasteiger partial charge in [0.1, 0.15) is 6.61 Å². The first kappa shape index (κ1) is 26.5. The minimum absolute atomic E-state index is 0.237. The maximum atomic E-state index is 12.5. The van der Waals surface area contributed by atoms with E-state index in [0.717, 1.165) is 26.5 Å². The van der Waals surface area contributed by atoms with Crippen LogP contribution in [-0.2, 0) is 11.4 Å². The number of amidine groups is 1. The van der Waals surface area contributed by atoms with Crippen LogP contribution in [0.5, 0.6) is 11.5 Å². The monoisotopic (exact) mass is 652 g/mol. The van der Waals surface area contributed by atoms with Crippen molar-refractivity contribution in [1.82, 2.24) is 5.32 Å². The highest BCUT2D eigenvalue weighted by molar-refractivity contribution is 14.1. The number of carbonyl (C=O) groups excluding carboxylic acids is 2. The van der Waals surface area contributed by atoms with Gasteiger partial charge in [0.15, 0.2) is 16.7 Å². The van der Waals surface area contributed by atoms with E-state index < -0.39 is 5.91 Å². The summed E-state index contributed by atoms with van der Waals surface area (Å²) in [4.78, 5) is 29.3. The summed E-state index contributed by atoms with van der Waals surface area (Å²) in [6, 6.07) is 17.7. The van der Waals surface area contributed by atoms with Crippen LogP contribution in [0.1, 0.15) is 28.4 Å². The van der Waals surface area contributed by atoms with Gasteiger partial charge in [0, 0.05) is 5.56 Å². The van der Waals surface area contributed by atoms with Crippen molar-refractivity contribution in [2.75, 3.05) is 6.61 Å². The molecule has 0 saturated carbocycles. The first-order valence-corrected chi connectivity index (χ1v) is 13.4. The fourth-order valence-electron chi connectivity index (χ4n) is 3.23. The van der Waals surface area contributed by atoms with Gasteiger partial charge in [-0.25, -0.2) is 0 Å². The molecule has 0 spiro atoms. The normalized spacial score (nSPS) is 15.3. The second-order valence-electron chi connectivity index (χ2n) is 7.45. The van der Waals surface area contributed by atoms with Gasteiger partial charge in [-0.3, -0.25) is 9.59 Å². The van der Waals surface area contributed by atoms with Gasteiger partial charge in [-0.2, -0.15) is 4.99 Å². The molecule has 0 radical (unpaired) electrons. The molecule has 1 aliphatic heterocycles. The molecule has 1 saturated heterocycles. The molecule has 0 bridgehead atoms. The molecule has 1 fully saturated rings. The van der Waals surface area contributed by atoms with Crippen molar-refractivity contribution >= 4 is 80.6 Å². The zero-order valence-corrected chi connectivity index (χ0v) is 23.4. The number of nitrogens with zero attached hydrogens (tertiary/aromatic N) is 1. The Balaban J connectivity index is 1.54. The third-order valence-corrected chi connectivity index (χ3v) is 7.32. The van der Waals surface area contributed by atoms with Gasteiger partial charge in [-0.15, -0.1) is 0 Å². The van der Waals surface area contributed by atoms with E-state index in [1.165, 1.54) is 0 Å². The molecule has 1 aliphatic rings. The van der Waals surface area contributed by atoms with E-state index in [0.29, 0.717) is 38.6 Å². The van der Waals surface area contributed by atoms with E-state index in [4.69, 9.17) is 32.7 Å². The van der Waals surface area contributed by atoms with Crippen LogP contribution in [0.4, 0.5) is 0 Å². The number of amides is 2. The number of aliphatic imine (C=N–C) groups is 1. The number of hydrogen-bond acceptors (Lipinski definition) is 5. The van der Waals surface area contributed by atoms with Gasteiger partial charge in [-0.1, -0.05) is 47.5 Å². The third-order valence-electron chi connectivity index (χ3n) is 4.87. The molecule has 1 N–H and O–H groups in total. The Hall–Kier alpha value is -2.53. The van der Waals surface area contributed by atoms with E-state index >= 15 is 0 Å². The molecule has 0 aromatic heterocycles. The van der Waals surface area contributed by atoms with E-state index in [1.54, 1.807) is 48.5 Å². The zero-order valence-electron chi connectivity index (χ0n) is 18.9. The first-order chi connectivity index (χ1) is 17.3. The summed E-state index contributed by atoms with van der Waals surface area (Å²) in [7, 11) is 0. The summed E-state index contributed by atoms with van der Waals surface area (Å²) >= 11 is 15.4. The number of rotatable bonds is 7. The molecule has 0 unspecified atom stereocenters. The predicted octanol–water partition coefficient (Wildman–Crippen LogP) is 6.98. The largest absolute Gasteiger partial charge is 0.490 e. The Bertz CT molecular complexity index is 1380. The Kier molecular flexibility index (Phi) is 8.95. The molecule has 4 rings (SSSR count). The molecule has 184 valence electrons. The number of ether oxygens (including phenoxy) is 2. The highest BCUT2D eigenvalue weighted by Gasteiger charge is 2.25. The summed E-state index contributed by atoms with van der Waals surface area (Å²) < 4.78 is 12.7. The number of thioether (sulfide) groups is 1. The lowest BCUT2D eigenvalue weighted by Crippen LogP contribution is -2.20. The van der Waals surface area contributed by atoms with Crippen LogP contribution in [0.25, 0.3) is 6.08 Å². The van der Waals surface area contributed by atoms with Gasteiger partial charge >= 0.3 is 0 Å². The molecule has 3 aromatic carbocycles. The number of benzene rings is 3. The van der Waals surface area contributed by atoms with Gasteiger partial charge in [0.25, 0.3) is 11.8 Å². The molecular weight excluding hydrogens is 634 g/mol. The van der Waals surface area contributed by atoms with Crippen molar-refractivity contribution in [1.29, 1.82) is 0 Å². The lowest BCUT2D eigenvalue weighted by molar-refractivity contribution is -0.115. The molecule has 10 heteroatoms. The maximum absolute atomic E-state index is 12.5. The lowest BCUT2D eigenvalue weighted by atomic mass is 10.1. The fraction of sp³-hybridized carbons (Fsp3) is 0.115. The van der Waals surface area contributed by atoms with Crippen LogP contribution < -0.4 is 14.8 Å². The standard InChI is InChI=1S/C26H19Cl2IN2O4S/c1-2-34-21-12-16(11-20(29)23(21)35-14-15-8-9-18(27)19(28)10-15)13-22-25(33)31-26(36-22)30-24(32)17-6-4-3-5-7-17/h3-13H,2,14H2,1H3,(H,30,31,32,33)/b22-13-. The van der Waals surface area contributed by atoms with E-state index in [9.17, 15) is 9.59 Å². The highest BCUT2D eigenvalue weighted by Crippen LogP contribution is 2.37. The van der Waals surface area contributed by atoms with Crippen LogP contribution in [0, 0.1) is 3.57 Å². The van der Waals surface area contributed by atoms with Crippen LogP contribution in [0.2, 0.25) is 10.0 Å². The average Bonchev–Trinajstić information content (AvgIpc) is 3.19. The van der Waals surface area contributed by atoms with Crippen molar-refractivity contribution < 1.29 is 19.1 Å². The molecule has 6 nitrogen and oxygen atoms in total. The summed E-state index contributed by atoms with van der Waals surface area (Å²) in [5.41, 5.74) is 2.06. The number of halogens is 3. The Morgan fingerprint density at radius 1 is 1.08 bits per heavy atom. The van der Waals surface area contributed by atoms with Crippen molar-refractivity contribution in [3.63, 3.8) is 0 Å². The maximum Gasteiger partial charge on any atom is 0.279 e. The van der Waals surface area contributed by atoms with Crippen LogP contribution >= 0.6 is 57.6 Å².